The van der Waals surface area contributed by atoms with Gasteiger partial charge in [-0.25, -0.2) is 4.57 Å². The van der Waals surface area contributed by atoms with Crippen LogP contribution in [0.25, 0.3) is 22.2 Å². The molecule has 2 aromatic heterocycles. The molecule has 0 amide bonds. The number of H-pyrrole nitrogens is 1. The number of aryl methyl sites for hydroxylation is 2. The van der Waals surface area contributed by atoms with Crippen LogP contribution in [0.2, 0.25) is 0 Å². The molecule has 0 aliphatic heterocycles. The van der Waals surface area contributed by atoms with Crippen LogP contribution < -0.4 is 10.00 Å². The zero-order valence-electron chi connectivity index (χ0n) is 14.4. The molecule has 3 nitrogen and oxygen atoms in total. The van der Waals surface area contributed by atoms with Crippen LogP contribution in [-0.2, 0) is 12.5 Å². The van der Waals surface area contributed by atoms with Crippen molar-refractivity contribution < 1.29 is 4.57 Å². The predicted molar refractivity (Wildman–Crippen MR) is 94.6 cm³/mol. The number of nitrogens with zero attached hydrogens (tertiary/aromatic N) is 1. The maximum absolute atomic E-state index is 12.4. The van der Waals surface area contributed by atoms with E-state index in [0.29, 0.717) is 5.39 Å². The lowest BCUT2D eigenvalue weighted by molar-refractivity contribution is -0.670. The molecule has 1 N–H and O–H groups in total. The minimum absolute atomic E-state index is 0.0456. The topological polar surface area (TPSA) is 36.7 Å². The largest absolute Gasteiger partial charge is 0.354 e. The Kier molecular flexibility index (Phi) is 3.59. The highest BCUT2D eigenvalue weighted by molar-refractivity contribution is 5.80. The second-order valence-electron chi connectivity index (χ2n) is 7.26. The number of nitrogens with one attached hydrogen (secondary N) is 1. The summed E-state index contributed by atoms with van der Waals surface area (Å²) in [5, 5.41) is 0.711. The molecule has 0 bridgehead atoms. The maximum Gasteiger partial charge on any atom is 0.196 e. The maximum atomic E-state index is 12.4. The van der Waals surface area contributed by atoms with Gasteiger partial charge in [-0.1, -0.05) is 39.0 Å². The fourth-order valence-electron chi connectivity index (χ4n) is 2.87. The van der Waals surface area contributed by atoms with Crippen LogP contribution in [0.1, 0.15) is 31.9 Å². The van der Waals surface area contributed by atoms with Crippen LogP contribution >= 0.6 is 0 Å². The summed E-state index contributed by atoms with van der Waals surface area (Å²) in [5.74, 6) is 0. The summed E-state index contributed by atoms with van der Waals surface area (Å²) < 4.78 is 1.89. The second kappa shape index (κ2) is 5.34. The van der Waals surface area contributed by atoms with E-state index in [4.69, 9.17) is 0 Å². The van der Waals surface area contributed by atoms with E-state index in [-0.39, 0.29) is 10.8 Å². The Morgan fingerprint density at radius 3 is 2.48 bits per heavy atom. The summed E-state index contributed by atoms with van der Waals surface area (Å²) >= 11 is 0. The Labute approximate surface area is 136 Å². The van der Waals surface area contributed by atoms with E-state index in [1.807, 2.05) is 30.1 Å². The standard InChI is InChI=1S/C20H22N2O/c1-13-10-14(20(2,3)4)6-7-15(13)18-11-19(23)16-12-22(5)9-8-17(16)21-18/h6-12H,1-5H3/p+1. The molecular weight excluding hydrogens is 284 g/mol. The van der Waals surface area contributed by atoms with Gasteiger partial charge in [0.1, 0.15) is 12.4 Å². The van der Waals surface area contributed by atoms with Gasteiger partial charge in [0.25, 0.3) is 0 Å². The van der Waals surface area contributed by atoms with Crippen molar-refractivity contribution in [3.8, 4) is 11.3 Å². The highest BCUT2D eigenvalue weighted by Crippen LogP contribution is 2.28. The van der Waals surface area contributed by atoms with Gasteiger partial charge in [-0.15, -0.1) is 0 Å². The second-order valence-corrected chi connectivity index (χ2v) is 7.26. The summed E-state index contributed by atoms with van der Waals surface area (Å²) in [5.41, 5.74) is 5.45. The molecule has 23 heavy (non-hydrogen) atoms. The number of hydrogen-bond donors (Lipinski definition) is 1. The number of rotatable bonds is 1. The van der Waals surface area contributed by atoms with Crippen molar-refractivity contribution in [2.75, 3.05) is 0 Å². The van der Waals surface area contributed by atoms with E-state index in [2.05, 4.69) is 50.9 Å². The molecule has 2 heterocycles. The van der Waals surface area contributed by atoms with Gasteiger partial charge < -0.3 is 4.98 Å². The fourth-order valence-corrected chi connectivity index (χ4v) is 2.87. The summed E-state index contributed by atoms with van der Waals surface area (Å²) in [6.07, 6.45) is 3.80. The molecule has 3 aromatic rings. The van der Waals surface area contributed by atoms with Crippen LogP contribution in [0.4, 0.5) is 0 Å². The first-order valence-corrected chi connectivity index (χ1v) is 7.89. The summed E-state index contributed by atoms with van der Waals surface area (Å²) in [7, 11) is 1.92. The van der Waals surface area contributed by atoms with E-state index >= 15 is 0 Å². The van der Waals surface area contributed by atoms with Crippen LogP contribution in [0.5, 0.6) is 0 Å². The first-order valence-electron chi connectivity index (χ1n) is 7.89. The number of fused-ring (bicyclic) bond motifs is 1. The smallest absolute Gasteiger partial charge is 0.196 e. The van der Waals surface area contributed by atoms with E-state index < -0.39 is 0 Å². The minimum Gasteiger partial charge on any atom is -0.354 e. The van der Waals surface area contributed by atoms with Crippen molar-refractivity contribution in [3.63, 3.8) is 0 Å². The molecule has 0 radical (unpaired) electrons. The van der Waals surface area contributed by atoms with Gasteiger partial charge in [0, 0.05) is 23.4 Å². The molecule has 0 fully saturated rings. The third-order valence-corrected chi connectivity index (χ3v) is 4.29. The zero-order chi connectivity index (χ0) is 16.8. The molecule has 0 unspecified atom stereocenters. The summed E-state index contributed by atoms with van der Waals surface area (Å²) in [6.45, 7) is 8.72. The highest BCUT2D eigenvalue weighted by atomic mass is 16.1. The van der Waals surface area contributed by atoms with Crippen molar-refractivity contribution in [3.05, 3.63) is 64.1 Å². The lowest BCUT2D eigenvalue weighted by Gasteiger charge is -2.20. The Morgan fingerprint density at radius 2 is 1.83 bits per heavy atom. The minimum atomic E-state index is 0.0456. The van der Waals surface area contributed by atoms with E-state index in [1.54, 1.807) is 6.07 Å². The average Bonchev–Trinajstić information content (AvgIpc) is 2.47. The zero-order valence-corrected chi connectivity index (χ0v) is 14.4. The monoisotopic (exact) mass is 307 g/mol. The molecule has 0 aliphatic rings. The summed E-state index contributed by atoms with van der Waals surface area (Å²) in [6, 6.07) is 10.1. The van der Waals surface area contributed by atoms with Crippen molar-refractivity contribution in [2.24, 2.45) is 7.05 Å². The van der Waals surface area contributed by atoms with E-state index in [9.17, 15) is 4.79 Å². The highest BCUT2D eigenvalue weighted by Gasteiger charge is 2.15. The fraction of sp³-hybridized carbons (Fsp3) is 0.300. The van der Waals surface area contributed by atoms with Crippen molar-refractivity contribution >= 4 is 10.9 Å². The molecule has 118 valence electrons. The molecule has 1 aromatic carbocycles. The molecule has 3 rings (SSSR count). The van der Waals surface area contributed by atoms with Gasteiger partial charge in [-0.05, 0) is 23.5 Å². The molecule has 0 spiro atoms. The first kappa shape index (κ1) is 15.5. The van der Waals surface area contributed by atoms with Crippen molar-refractivity contribution in [2.45, 2.75) is 33.1 Å². The van der Waals surface area contributed by atoms with Gasteiger partial charge in [0.15, 0.2) is 17.8 Å². The SMILES string of the molecule is Cc1cc(C(C)(C)C)ccc1-c1cc(=O)c2c[n+](C)ccc2[nH]1. The number of aromatic amines is 1. The van der Waals surface area contributed by atoms with Crippen LogP contribution in [-0.4, -0.2) is 4.98 Å². The van der Waals surface area contributed by atoms with Crippen molar-refractivity contribution in [1.29, 1.82) is 0 Å². The summed E-state index contributed by atoms with van der Waals surface area (Å²) in [4.78, 5) is 15.8. The van der Waals surface area contributed by atoms with E-state index in [0.717, 1.165) is 16.8 Å². The predicted octanol–water partition coefficient (Wildman–Crippen LogP) is 3.63. The van der Waals surface area contributed by atoms with Gasteiger partial charge in [-0.2, -0.15) is 0 Å². The Bertz CT molecular complexity index is 946. The third-order valence-electron chi connectivity index (χ3n) is 4.29. The van der Waals surface area contributed by atoms with Crippen LogP contribution in [0.3, 0.4) is 0 Å². The number of aromatic nitrogens is 2. The number of hydrogen-bond acceptors (Lipinski definition) is 1. The molecule has 0 saturated carbocycles. The Morgan fingerprint density at radius 1 is 1.09 bits per heavy atom. The number of pyridine rings is 2. The normalized spacial score (nSPS) is 11.9. The Balaban J connectivity index is 2.18. The molecule has 0 saturated heterocycles. The van der Waals surface area contributed by atoms with Crippen LogP contribution in [0, 0.1) is 6.92 Å². The lowest BCUT2D eigenvalue weighted by Crippen LogP contribution is -2.27. The third kappa shape index (κ3) is 2.91. The molecule has 0 aliphatic carbocycles. The Hall–Kier alpha value is -2.42. The van der Waals surface area contributed by atoms with Gasteiger partial charge in [0.05, 0.1) is 5.52 Å². The van der Waals surface area contributed by atoms with Crippen molar-refractivity contribution in [1.82, 2.24) is 4.98 Å². The molecule has 0 atom stereocenters. The van der Waals surface area contributed by atoms with Crippen LogP contribution in [0.15, 0.2) is 47.5 Å². The van der Waals surface area contributed by atoms with Gasteiger partial charge in [0.2, 0.25) is 0 Å². The average molecular weight is 307 g/mol. The number of benzene rings is 1. The first-order chi connectivity index (χ1) is 10.8. The van der Waals surface area contributed by atoms with Gasteiger partial charge in [-0.3, -0.25) is 4.79 Å². The van der Waals surface area contributed by atoms with Gasteiger partial charge >= 0.3 is 0 Å². The molecule has 3 heteroatoms. The quantitative estimate of drug-likeness (QED) is 0.685. The molecular formula is C20H23N2O+. The lowest BCUT2D eigenvalue weighted by atomic mass is 9.85. The van der Waals surface area contributed by atoms with E-state index in [1.165, 1.54) is 11.1 Å².